The molecule has 1 atom stereocenters. The second-order valence-electron chi connectivity index (χ2n) is 6.27. The number of halogens is 3. The quantitative estimate of drug-likeness (QED) is 0.754. The molecule has 146 valence electrons. The van der Waals surface area contributed by atoms with Crippen LogP contribution in [0.1, 0.15) is 12.5 Å². The van der Waals surface area contributed by atoms with Crippen molar-refractivity contribution in [2.24, 2.45) is 0 Å². The number of aliphatic hydroxyl groups is 1. The van der Waals surface area contributed by atoms with Crippen molar-refractivity contribution >= 4 is 23.7 Å². The number of hydrogen-bond acceptors (Lipinski definition) is 8. The molecule has 0 saturated carbocycles. The summed E-state index contributed by atoms with van der Waals surface area (Å²) in [5.74, 6) is 0.810. The predicted octanol–water partition coefficient (Wildman–Crippen LogP) is 2.05. The van der Waals surface area contributed by atoms with Crippen LogP contribution in [0.5, 0.6) is 0 Å². The average molecular weight is 400 g/mol. The molecule has 3 N–H and O–H groups in total. The van der Waals surface area contributed by atoms with Crippen molar-refractivity contribution in [1.82, 2.24) is 19.3 Å². The molecule has 7 nitrogen and oxygen atoms in total. The van der Waals surface area contributed by atoms with Gasteiger partial charge in [-0.25, -0.2) is 19.3 Å². The third kappa shape index (κ3) is 4.42. The number of nitrogen functional groups attached to an aromatic ring is 1. The summed E-state index contributed by atoms with van der Waals surface area (Å²) in [6, 6.07) is 3.64. The third-order valence-corrected chi connectivity index (χ3v) is 5.34. The van der Waals surface area contributed by atoms with Gasteiger partial charge in [-0.05, 0) is 31.0 Å². The van der Waals surface area contributed by atoms with Gasteiger partial charge in [-0.3, -0.25) is 0 Å². The Morgan fingerprint density at radius 3 is 2.19 bits per heavy atom. The molecule has 0 amide bonds. The highest BCUT2D eigenvalue weighted by Gasteiger charge is 2.51. The monoisotopic (exact) mass is 400 g/mol. The minimum atomic E-state index is -4.79. The lowest BCUT2D eigenvalue weighted by molar-refractivity contribution is -0.259. The van der Waals surface area contributed by atoms with Gasteiger partial charge >= 0.3 is 6.18 Å². The van der Waals surface area contributed by atoms with E-state index in [1.165, 1.54) is 0 Å². The Kier molecular flexibility index (Phi) is 5.45. The number of piperazine rings is 1. The van der Waals surface area contributed by atoms with Crippen LogP contribution >= 0.6 is 11.9 Å². The van der Waals surface area contributed by atoms with E-state index >= 15 is 0 Å². The van der Waals surface area contributed by atoms with E-state index in [0.717, 1.165) is 30.4 Å². The molecule has 2 aromatic rings. The lowest BCUT2D eigenvalue weighted by Gasteiger charge is -2.34. The fourth-order valence-electron chi connectivity index (χ4n) is 2.47. The molecule has 0 aromatic carbocycles. The molecule has 1 unspecified atom stereocenters. The Hall–Kier alpha value is -2.11. The van der Waals surface area contributed by atoms with Crippen molar-refractivity contribution in [3.05, 3.63) is 36.3 Å². The first-order valence-electron chi connectivity index (χ1n) is 8.18. The molecule has 1 saturated heterocycles. The highest BCUT2D eigenvalue weighted by atomic mass is 32.2. The Labute approximate surface area is 158 Å². The van der Waals surface area contributed by atoms with Crippen molar-refractivity contribution < 1.29 is 18.3 Å². The lowest BCUT2D eigenvalue weighted by Crippen LogP contribution is -2.44. The SMILES string of the molecule is CC(O)(c1cnc(N2CCN(Sc3ccc(N)nc3)CC2)nc1)C(F)(F)F. The molecular formula is C16H19F3N6OS. The van der Waals surface area contributed by atoms with Gasteiger partial charge in [0, 0.05) is 55.2 Å². The van der Waals surface area contributed by atoms with Crippen LogP contribution in [0.4, 0.5) is 24.9 Å². The summed E-state index contributed by atoms with van der Waals surface area (Å²) in [6.45, 7) is 3.39. The number of nitrogens with zero attached hydrogens (tertiary/aromatic N) is 5. The van der Waals surface area contributed by atoms with Crippen LogP contribution in [-0.2, 0) is 5.60 Å². The zero-order valence-electron chi connectivity index (χ0n) is 14.5. The molecule has 0 aliphatic carbocycles. The van der Waals surface area contributed by atoms with E-state index in [1.54, 1.807) is 24.2 Å². The minimum absolute atomic E-state index is 0.343. The first kappa shape index (κ1) is 19.6. The van der Waals surface area contributed by atoms with Crippen LogP contribution < -0.4 is 10.6 Å². The fourth-order valence-corrected chi connectivity index (χ4v) is 3.35. The lowest BCUT2D eigenvalue weighted by atomic mass is 9.99. The van der Waals surface area contributed by atoms with Crippen molar-refractivity contribution in [1.29, 1.82) is 0 Å². The number of anilines is 2. The van der Waals surface area contributed by atoms with Crippen LogP contribution in [0.3, 0.4) is 0 Å². The maximum atomic E-state index is 12.9. The van der Waals surface area contributed by atoms with E-state index in [0.29, 0.717) is 31.8 Å². The summed E-state index contributed by atoms with van der Waals surface area (Å²) in [7, 11) is 0. The molecule has 0 bridgehead atoms. The Balaban J connectivity index is 1.59. The largest absolute Gasteiger partial charge is 0.421 e. The standard InChI is InChI=1S/C16H19F3N6OS/c1-15(26,16(17,18)19)11-8-22-14(23-9-11)24-4-6-25(7-5-24)27-12-2-3-13(20)21-10-12/h2-3,8-10,26H,4-7H2,1H3,(H2,20,21). The van der Waals surface area contributed by atoms with Gasteiger partial charge in [0.25, 0.3) is 0 Å². The van der Waals surface area contributed by atoms with Crippen molar-refractivity contribution in [3.8, 4) is 0 Å². The van der Waals surface area contributed by atoms with E-state index in [-0.39, 0.29) is 5.56 Å². The number of nitrogens with two attached hydrogens (primary N) is 1. The zero-order chi connectivity index (χ0) is 19.7. The molecule has 3 heterocycles. The number of alkyl halides is 3. The molecule has 1 fully saturated rings. The fraction of sp³-hybridized carbons (Fsp3) is 0.438. The smallest absolute Gasteiger partial charge is 0.384 e. The minimum Gasteiger partial charge on any atom is -0.384 e. The number of rotatable bonds is 4. The molecule has 2 aromatic heterocycles. The van der Waals surface area contributed by atoms with Gasteiger partial charge in [0.05, 0.1) is 0 Å². The van der Waals surface area contributed by atoms with Crippen LogP contribution in [0, 0.1) is 0 Å². The maximum Gasteiger partial charge on any atom is 0.421 e. The zero-order valence-corrected chi connectivity index (χ0v) is 15.3. The van der Waals surface area contributed by atoms with Gasteiger partial charge < -0.3 is 15.7 Å². The van der Waals surface area contributed by atoms with Crippen LogP contribution in [0.2, 0.25) is 0 Å². The Morgan fingerprint density at radius 2 is 1.67 bits per heavy atom. The normalized spacial score (nSPS) is 18.3. The summed E-state index contributed by atoms with van der Waals surface area (Å²) < 4.78 is 40.8. The summed E-state index contributed by atoms with van der Waals surface area (Å²) in [6.07, 6.45) is -1.04. The van der Waals surface area contributed by atoms with Gasteiger partial charge in [-0.2, -0.15) is 13.2 Å². The van der Waals surface area contributed by atoms with Crippen molar-refractivity contribution in [2.75, 3.05) is 36.8 Å². The van der Waals surface area contributed by atoms with E-state index in [4.69, 9.17) is 5.73 Å². The molecule has 0 radical (unpaired) electrons. The van der Waals surface area contributed by atoms with Gasteiger partial charge in [-0.15, -0.1) is 0 Å². The molecular weight excluding hydrogens is 381 g/mol. The van der Waals surface area contributed by atoms with E-state index < -0.39 is 11.8 Å². The van der Waals surface area contributed by atoms with Gasteiger partial charge in [0.2, 0.25) is 5.95 Å². The number of hydrogen-bond donors (Lipinski definition) is 2. The third-order valence-electron chi connectivity index (χ3n) is 4.27. The highest BCUT2D eigenvalue weighted by molar-refractivity contribution is 7.97. The molecule has 27 heavy (non-hydrogen) atoms. The number of pyridine rings is 1. The highest BCUT2D eigenvalue weighted by Crippen LogP contribution is 2.38. The topological polar surface area (TPSA) is 91.4 Å². The maximum absolute atomic E-state index is 12.9. The second kappa shape index (κ2) is 7.49. The first-order valence-corrected chi connectivity index (χ1v) is 8.95. The van der Waals surface area contributed by atoms with Gasteiger partial charge in [0.15, 0.2) is 5.60 Å². The van der Waals surface area contributed by atoms with Crippen LogP contribution in [0.15, 0.2) is 35.6 Å². The van der Waals surface area contributed by atoms with E-state index in [1.807, 2.05) is 11.0 Å². The van der Waals surface area contributed by atoms with Crippen molar-refractivity contribution in [2.45, 2.75) is 23.6 Å². The predicted molar refractivity (Wildman–Crippen MR) is 96.0 cm³/mol. The van der Waals surface area contributed by atoms with E-state index in [9.17, 15) is 18.3 Å². The first-order chi connectivity index (χ1) is 12.7. The summed E-state index contributed by atoms with van der Waals surface area (Å²) in [4.78, 5) is 14.9. The average Bonchev–Trinajstić information content (AvgIpc) is 2.63. The molecule has 0 spiro atoms. The number of aromatic nitrogens is 3. The van der Waals surface area contributed by atoms with Crippen molar-refractivity contribution in [3.63, 3.8) is 0 Å². The summed E-state index contributed by atoms with van der Waals surface area (Å²) in [5.41, 5.74) is 2.21. The van der Waals surface area contributed by atoms with Gasteiger partial charge in [0.1, 0.15) is 5.82 Å². The molecule has 11 heteroatoms. The Morgan fingerprint density at radius 1 is 1.04 bits per heavy atom. The second-order valence-corrected chi connectivity index (χ2v) is 7.44. The molecule has 1 aliphatic heterocycles. The summed E-state index contributed by atoms with van der Waals surface area (Å²) >= 11 is 1.57. The van der Waals surface area contributed by atoms with E-state index in [2.05, 4.69) is 19.3 Å². The molecule has 3 rings (SSSR count). The van der Waals surface area contributed by atoms with Crippen LogP contribution in [-0.4, -0.2) is 56.7 Å². The van der Waals surface area contributed by atoms with Crippen LogP contribution in [0.25, 0.3) is 0 Å². The summed E-state index contributed by atoms with van der Waals surface area (Å²) in [5, 5.41) is 9.67. The Bertz CT molecular complexity index is 761. The van der Waals surface area contributed by atoms with Gasteiger partial charge in [-0.1, -0.05) is 0 Å². The molecule has 1 aliphatic rings.